The van der Waals surface area contributed by atoms with Crippen molar-refractivity contribution < 1.29 is 40.2 Å². The van der Waals surface area contributed by atoms with Crippen molar-refractivity contribution in [2.75, 3.05) is 6.61 Å². The summed E-state index contributed by atoms with van der Waals surface area (Å²) in [6.45, 7) is -0.801. The Bertz CT molecular complexity index is 269. The van der Waals surface area contributed by atoms with Crippen LogP contribution in [0, 0.1) is 0 Å². The summed E-state index contributed by atoms with van der Waals surface area (Å²) >= 11 is 0. The summed E-state index contributed by atoms with van der Waals surface area (Å²) in [5.74, 6) is -4.42. The van der Waals surface area contributed by atoms with Gasteiger partial charge in [0.25, 0.3) is 5.79 Å². The van der Waals surface area contributed by atoms with Crippen molar-refractivity contribution in [1.82, 2.24) is 0 Å². The second-order valence-electron chi connectivity index (χ2n) is 3.68. The lowest BCUT2D eigenvalue weighted by atomic mass is 9.93. The van der Waals surface area contributed by atoms with E-state index >= 15 is 0 Å². The number of aliphatic hydroxyl groups excluding tert-OH is 4. The van der Waals surface area contributed by atoms with E-state index in [1.807, 2.05) is 0 Å². The number of carbonyl (C=O) groups is 1. The molecule has 1 aliphatic heterocycles. The number of carboxylic acid groups (broad SMARTS) is 1. The molecule has 8 nitrogen and oxygen atoms in total. The minimum absolute atomic E-state index is 0.724. The molecule has 94 valence electrons. The first-order valence-electron chi connectivity index (χ1n) is 4.60. The topological polar surface area (TPSA) is 148 Å². The van der Waals surface area contributed by atoms with Crippen molar-refractivity contribution in [2.24, 2.45) is 0 Å². The molecule has 0 amide bonds. The monoisotopic (exact) mass is 238 g/mol. The molecule has 1 saturated heterocycles. The van der Waals surface area contributed by atoms with Gasteiger partial charge < -0.3 is 35.4 Å². The summed E-state index contributed by atoms with van der Waals surface area (Å²) in [6, 6.07) is 0. The largest absolute Gasteiger partial charge is 0.477 e. The van der Waals surface area contributed by atoms with E-state index in [0.29, 0.717) is 0 Å². The van der Waals surface area contributed by atoms with Crippen LogP contribution in [0.15, 0.2) is 0 Å². The molecule has 1 heterocycles. The van der Waals surface area contributed by atoms with Gasteiger partial charge in [-0.1, -0.05) is 0 Å². The number of aliphatic hydroxyl groups is 5. The van der Waals surface area contributed by atoms with E-state index in [1.165, 1.54) is 0 Å². The molecule has 1 rings (SSSR count). The fourth-order valence-corrected chi connectivity index (χ4v) is 1.51. The van der Waals surface area contributed by atoms with Crippen LogP contribution in [-0.2, 0) is 9.53 Å². The van der Waals surface area contributed by atoms with Crippen LogP contribution < -0.4 is 0 Å². The molecule has 1 aliphatic rings. The highest BCUT2D eigenvalue weighted by molar-refractivity contribution is 5.75. The zero-order valence-electron chi connectivity index (χ0n) is 8.22. The maximum Gasteiger partial charge on any atom is 0.364 e. The quantitative estimate of drug-likeness (QED) is 0.298. The first kappa shape index (κ1) is 13.3. The second kappa shape index (κ2) is 4.62. The van der Waals surface area contributed by atoms with Gasteiger partial charge in [-0.15, -0.1) is 0 Å². The predicted octanol–water partition coefficient (Wildman–Crippen LogP) is -3.38. The average Bonchev–Trinajstić information content (AvgIpc) is 2.22. The Morgan fingerprint density at radius 2 is 2.06 bits per heavy atom. The maximum absolute atomic E-state index is 10.7. The van der Waals surface area contributed by atoms with E-state index in [0.717, 1.165) is 0 Å². The van der Waals surface area contributed by atoms with E-state index in [4.69, 9.17) is 10.2 Å². The molecular formula is C8H14O8. The molecular weight excluding hydrogens is 224 g/mol. The first-order chi connectivity index (χ1) is 7.31. The number of rotatable bonds is 3. The summed E-state index contributed by atoms with van der Waals surface area (Å²) < 4.78 is 4.61. The molecule has 0 aliphatic carbocycles. The zero-order valence-corrected chi connectivity index (χ0v) is 8.22. The van der Waals surface area contributed by atoms with Gasteiger partial charge in [0.05, 0.1) is 12.7 Å². The lowest BCUT2D eigenvalue weighted by Gasteiger charge is -2.41. The second-order valence-corrected chi connectivity index (χ2v) is 3.68. The minimum Gasteiger partial charge on any atom is -0.477 e. The summed E-state index contributed by atoms with van der Waals surface area (Å²) in [5.41, 5.74) is 0. The number of aliphatic carboxylic acids is 1. The van der Waals surface area contributed by atoms with Gasteiger partial charge >= 0.3 is 5.97 Å². The van der Waals surface area contributed by atoms with E-state index in [-0.39, 0.29) is 0 Å². The molecule has 0 radical (unpaired) electrons. The Morgan fingerprint density at radius 3 is 2.50 bits per heavy atom. The van der Waals surface area contributed by atoms with Gasteiger partial charge in [-0.2, -0.15) is 0 Å². The van der Waals surface area contributed by atoms with Crippen LogP contribution in [0.2, 0.25) is 0 Å². The highest BCUT2D eigenvalue weighted by Crippen LogP contribution is 2.29. The number of hydrogen-bond donors (Lipinski definition) is 6. The highest BCUT2D eigenvalue weighted by atomic mass is 16.7. The Labute approximate surface area is 90.3 Å². The normalized spacial score (nSPS) is 41.7. The van der Waals surface area contributed by atoms with Gasteiger partial charge in [0.15, 0.2) is 0 Å². The number of carboxylic acids is 1. The molecule has 0 saturated carbocycles. The third-order valence-electron chi connectivity index (χ3n) is 2.45. The zero-order chi connectivity index (χ0) is 12.5. The smallest absolute Gasteiger partial charge is 0.364 e. The molecule has 0 bridgehead atoms. The van der Waals surface area contributed by atoms with Crippen molar-refractivity contribution in [3.8, 4) is 0 Å². The van der Waals surface area contributed by atoms with Gasteiger partial charge in [0.2, 0.25) is 0 Å². The van der Waals surface area contributed by atoms with Crippen LogP contribution in [0.1, 0.15) is 6.42 Å². The van der Waals surface area contributed by atoms with Gasteiger partial charge in [0, 0.05) is 6.42 Å². The molecule has 2 unspecified atom stereocenters. The molecule has 5 atom stereocenters. The molecule has 6 N–H and O–H groups in total. The van der Waals surface area contributed by atoms with Crippen LogP contribution >= 0.6 is 0 Å². The highest BCUT2D eigenvalue weighted by Gasteiger charge is 2.52. The summed E-state index contributed by atoms with van der Waals surface area (Å²) in [4.78, 5) is 10.7. The lowest BCUT2D eigenvalue weighted by molar-refractivity contribution is -0.308. The molecule has 0 aromatic heterocycles. The van der Waals surface area contributed by atoms with Crippen molar-refractivity contribution in [1.29, 1.82) is 0 Å². The standard InChI is InChI=1S/C8H14O8/c9-2-4(11)6-5(12)3(10)1-8(15,16-6)7(13)14/h3-6,9-12,15H,1-2H2,(H,13,14)/t3-,4-,5?,6?,8-/m1/s1. The Morgan fingerprint density at radius 1 is 1.50 bits per heavy atom. The molecule has 1 fully saturated rings. The Kier molecular flexibility index (Phi) is 3.84. The third kappa shape index (κ3) is 2.32. The minimum atomic E-state index is -2.68. The van der Waals surface area contributed by atoms with Gasteiger partial charge in [-0.3, -0.25) is 0 Å². The van der Waals surface area contributed by atoms with Crippen molar-refractivity contribution >= 4 is 5.97 Å². The molecule has 0 aromatic carbocycles. The van der Waals surface area contributed by atoms with E-state index in [1.54, 1.807) is 0 Å². The third-order valence-corrected chi connectivity index (χ3v) is 2.45. The first-order valence-corrected chi connectivity index (χ1v) is 4.60. The molecule has 16 heavy (non-hydrogen) atoms. The van der Waals surface area contributed by atoms with E-state index in [9.17, 15) is 25.2 Å². The van der Waals surface area contributed by atoms with Crippen LogP contribution in [0.25, 0.3) is 0 Å². The average molecular weight is 238 g/mol. The van der Waals surface area contributed by atoms with E-state index in [2.05, 4.69) is 4.74 Å². The van der Waals surface area contributed by atoms with Crippen LogP contribution in [0.5, 0.6) is 0 Å². The maximum atomic E-state index is 10.7. The van der Waals surface area contributed by atoms with Crippen molar-refractivity contribution in [3.05, 3.63) is 0 Å². The number of ether oxygens (including phenoxy) is 1. The fourth-order valence-electron chi connectivity index (χ4n) is 1.51. The lowest BCUT2D eigenvalue weighted by Crippen LogP contribution is -2.61. The van der Waals surface area contributed by atoms with Crippen LogP contribution in [-0.4, -0.2) is 73.4 Å². The number of hydrogen-bond acceptors (Lipinski definition) is 7. The van der Waals surface area contributed by atoms with Crippen molar-refractivity contribution in [2.45, 2.75) is 36.6 Å². The van der Waals surface area contributed by atoms with Crippen molar-refractivity contribution in [3.63, 3.8) is 0 Å². The van der Waals surface area contributed by atoms with E-state index < -0.39 is 49.2 Å². The summed E-state index contributed by atoms with van der Waals surface area (Å²) in [5, 5.41) is 54.7. The molecule has 8 heteroatoms. The molecule has 0 aromatic rings. The fraction of sp³-hybridized carbons (Fsp3) is 0.875. The summed E-state index contributed by atoms with van der Waals surface area (Å²) in [6.07, 6.45) is -7.05. The summed E-state index contributed by atoms with van der Waals surface area (Å²) in [7, 11) is 0. The van der Waals surface area contributed by atoms with Gasteiger partial charge in [-0.05, 0) is 0 Å². The van der Waals surface area contributed by atoms with Crippen LogP contribution in [0.3, 0.4) is 0 Å². The van der Waals surface area contributed by atoms with Gasteiger partial charge in [0.1, 0.15) is 18.3 Å². The molecule has 0 spiro atoms. The SMILES string of the molecule is O=C(O)[C@@]1(O)C[C@@H](O)C(O)C([C@H](O)CO)O1. The van der Waals surface area contributed by atoms with Crippen LogP contribution in [0.4, 0.5) is 0 Å². The Hall–Kier alpha value is -0.770. The van der Waals surface area contributed by atoms with Gasteiger partial charge in [-0.25, -0.2) is 4.79 Å². The predicted molar refractivity (Wildman–Crippen MR) is 47.2 cm³/mol. The Balaban J connectivity index is 2.89.